The molecule has 0 fully saturated rings. The van der Waals surface area contributed by atoms with Gasteiger partial charge in [-0.05, 0) is 19.0 Å². The highest BCUT2D eigenvalue weighted by atomic mass is 16.5. The third-order valence-electron chi connectivity index (χ3n) is 3.25. The highest BCUT2D eigenvalue weighted by molar-refractivity contribution is 5.79. The number of ether oxygens (including phenoxy) is 1. The standard InChI is InChI=1S/C14H32N4O/c1-8-18(6)10-9-16-13(15-5)17-11-12(19-7)14(2,3)4/h12H,8-11H2,1-7H3,(H2,15,16,17). The molecule has 0 radical (unpaired) electrons. The van der Waals surface area contributed by atoms with E-state index in [4.69, 9.17) is 4.74 Å². The van der Waals surface area contributed by atoms with Gasteiger partial charge in [-0.25, -0.2) is 0 Å². The zero-order valence-electron chi connectivity index (χ0n) is 13.7. The molecule has 0 aliphatic heterocycles. The van der Waals surface area contributed by atoms with Crippen LogP contribution in [0.4, 0.5) is 0 Å². The van der Waals surface area contributed by atoms with Gasteiger partial charge in [0, 0.05) is 33.8 Å². The Balaban J connectivity index is 4.07. The number of rotatable bonds is 7. The van der Waals surface area contributed by atoms with Gasteiger partial charge in [-0.15, -0.1) is 0 Å². The van der Waals surface area contributed by atoms with Crippen molar-refractivity contribution in [1.82, 2.24) is 15.5 Å². The van der Waals surface area contributed by atoms with Gasteiger partial charge < -0.3 is 20.3 Å². The molecule has 0 amide bonds. The minimum Gasteiger partial charge on any atom is -0.379 e. The minimum absolute atomic E-state index is 0.114. The van der Waals surface area contributed by atoms with E-state index in [9.17, 15) is 0 Å². The van der Waals surface area contributed by atoms with E-state index in [2.05, 4.69) is 55.3 Å². The summed E-state index contributed by atoms with van der Waals surface area (Å²) in [6, 6.07) is 0. The van der Waals surface area contributed by atoms with Gasteiger partial charge in [-0.3, -0.25) is 4.99 Å². The third-order valence-corrected chi connectivity index (χ3v) is 3.25. The molecule has 0 spiro atoms. The average Bonchev–Trinajstić information content (AvgIpc) is 2.35. The fourth-order valence-electron chi connectivity index (χ4n) is 1.68. The number of hydrogen-bond acceptors (Lipinski definition) is 3. The van der Waals surface area contributed by atoms with Crippen LogP contribution in [0.2, 0.25) is 0 Å². The first-order valence-electron chi connectivity index (χ1n) is 7.01. The Kier molecular flexibility index (Phi) is 8.76. The third kappa shape index (κ3) is 8.06. The molecule has 0 saturated heterocycles. The summed E-state index contributed by atoms with van der Waals surface area (Å²) in [5.74, 6) is 0.829. The lowest BCUT2D eigenvalue weighted by Crippen LogP contribution is -2.46. The highest BCUT2D eigenvalue weighted by Crippen LogP contribution is 2.20. The van der Waals surface area contributed by atoms with Gasteiger partial charge >= 0.3 is 0 Å². The van der Waals surface area contributed by atoms with Crippen LogP contribution in [0.15, 0.2) is 4.99 Å². The normalized spacial score (nSPS) is 14.6. The zero-order chi connectivity index (χ0) is 14.9. The number of aliphatic imine (C=N–C) groups is 1. The highest BCUT2D eigenvalue weighted by Gasteiger charge is 2.24. The van der Waals surface area contributed by atoms with Crippen molar-refractivity contribution in [3.05, 3.63) is 0 Å². The van der Waals surface area contributed by atoms with Gasteiger partial charge in [0.25, 0.3) is 0 Å². The quantitative estimate of drug-likeness (QED) is 0.539. The zero-order valence-corrected chi connectivity index (χ0v) is 13.7. The smallest absolute Gasteiger partial charge is 0.191 e. The SMILES string of the molecule is CCN(C)CCNC(=NC)NCC(OC)C(C)(C)C. The van der Waals surface area contributed by atoms with Gasteiger partial charge in [-0.2, -0.15) is 0 Å². The molecule has 0 aromatic carbocycles. The predicted octanol–water partition coefficient (Wildman–Crippen LogP) is 1.16. The molecule has 0 heterocycles. The van der Waals surface area contributed by atoms with Crippen LogP contribution >= 0.6 is 0 Å². The van der Waals surface area contributed by atoms with E-state index < -0.39 is 0 Å². The molecule has 0 aliphatic rings. The predicted molar refractivity (Wildman–Crippen MR) is 82.8 cm³/mol. The molecule has 0 aromatic rings. The fraction of sp³-hybridized carbons (Fsp3) is 0.929. The summed E-state index contributed by atoms with van der Waals surface area (Å²) in [7, 11) is 5.65. The van der Waals surface area contributed by atoms with Crippen LogP contribution in [0.1, 0.15) is 27.7 Å². The molecule has 1 atom stereocenters. The largest absolute Gasteiger partial charge is 0.379 e. The van der Waals surface area contributed by atoms with Gasteiger partial charge in [0.1, 0.15) is 0 Å². The first kappa shape index (κ1) is 18.2. The molecule has 1 unspecified atom stereocenters. The Labute approximate surface area is 118 Å². The van der Waals surface area contributed by atoms with E-state index in [1.54, 1.807) is 14.2 Å². The Hall–Kier alpha value is -0.810. The molecule has 2 N–H and O–H groups in total. The first-order chi connectivity index (χ1) is 8.85. The number of nitrogens with one attached hydrogen (secondary N) is 2. The van der Waals surface area contributed by atoms with Crippen LogP contribution in [0, 0.1) is 5.41 Å². The van der Waals surface area contributed by atoms with Crippen molar-refractivity contribution >= 4 is 5.96 Å². The Morgan fingerprint density at radius 1 is 1.32 bits per heavy atom. The molecule has 5 heteroatoms. The maximum Gasteiger partial charge on any atom is 0.191 e. The van der Waals surface area contributed by atoms with Crippen LogP contribution in [-0.2, 0) is 4.74 Å². The fourth-order valence-corrected chi connectivity index (χ4v) is 1.68. The molecule has 0 aromatic heterocycles. The van der Waals surface area contributed by atoms with Crippen LogP contribution in [0.3, 0.4) is 0 Å². The number of nitrogens with zero attached hydrogens (tertiary/aromatic N) is 2. The maximum absolute atomic E-state index is 5.52. The van der Waals surface area contributed by atoms with E-state index in [1.165, 1.54) is 0 Å². The molecular formula is C14H32N4O. The van der Waals surface area contributed by atoms with E-state index in [1.807, 2.05) is 0 Å². The minimum atomic E-state index is 0.114. The van der Waals surface area contributed by atoms with Crippen molar-refractivity contribution in [2.24, 2.45) is 10.4 Å². The van der Waals surface area contributed by atoms with E-state index >= 15 is 0 Å². The Morgan fingerprint density at radius 2 is 1.95 bits per heavy atom. The first-order valence-corrected chi connectivity index (χ1v) is 7.01. The van der Waals surface area contributed by atoms with Gasteiger partial charge in [0.2, 0.25) is 0 Å². The number of methoxy groups -OCH3 is 1. The van der Waals surface area contributed by atoms with Gasteiger partial charge in [-0.1, -0.05) is 27.7 Å². The van der Waals surface area contributed by atoms with Crippen molar-refractivity contribution in [3.8, 4) is 0 Å². The summed E-state index contributed by atoms with van der Waals surface area (Å²) in [6.45, 7) is 12.4. The van der Waals surface area contributed by atoms with Crippen LogP contribution in [0.5, 0.6) is 0 Å². The van der Waals surface area contributed by atoms with Crippen molar-refractivity contribution in [2.45, 2.75) is 33.8 Å². The second-order valence-corrected chi connectivity index (χ2v) is 5.87. The van der Waals surface area contributed by atoms with Crippen LogP contribution < -0.4 is 10.6 Å². The summed E-state index contributed by atoms with van der Waals surface area (Å²) in [6.07, 6.45) is 0.157. The average molecular weight is 272 g/mol. The molecule has 0 rings (SSSR count). The monoisotopic (exact) mass is 272 g/mol. The molecule has 19 heavy (non-hydrogen) atoms. The number of likely N-dealkylation sites (N-methyl/N-ethyl adjacent to an activating group) is 1. The van der Waals surface area contributed by atoms with Crippen LogP contribution in [0.25, 0.3) is 0 Å². The maximum atomic E-state index is 5.52. The molecule has 5 nitrogen and oxygen atoms in total. The van der Waals surface area contributed by atoms with Crippen molar-refractivity contribution in [1.29, 1.82) is 0 Å². The molecule has 0 saturated carbocycles. The van der Waals surface area contributed by atoms with Gasteiger partial charge in [0.05, 0.1) is 6.10 Å². The molecule has 114 valence electrons. The summed E-state index contributed by atoms with van der Waals surface area (Å²) >= 11 is 0. The van der Waals surface area contributed by atoms with E-state index in [0.717, 1.165) is 32.1 Å². The van der Waals surface area contributed by atoms with Crippen molar-refractivity contribution in [3.63, 3.8) is 0 Å². The topological polar surface area (TPSA) is 48.9 Å². The van der Waals surface area contributed by atoms with E-state index in [0.29, 0.717) is 0 Å². The van der Waals surface area contributed by atoms with Crippen molar-refractivity contribution in [2.75, 3.05) is 47.4 Å². The van der Waals surface area contributed by atoms with Crippen molar-refractivity contribution < 1.29 is 4.74 Å². The van der Waals surface area contributed by atoms with Crippen LogP contribution in [-0.4, -0.2) is 64.3 Å². The van der Waals surface area contributed by atoms with E-state index in [-0.39, 0.29) is 11.5 Å². The Bertz CT molecular complexity index is 261. The summed E-state index contributed by atoms with van der Waals surface area (Å²) in [4.78, 5) is 6.48. The molecule has 0 aliphatic carbocycles. The summed E-state index contributed by atoms with van der Waals surface area (Å²) < 4.78 is 5.52. The lowest BCUT2D eigenvalue weighted by molar-refractivity contribution is 0.0205. The lowest BCUT2D eigenvalue weighted by atomic mass is 9.89. The molecule has 0 bridgehead atoms. The summed E-state index contributed by atoms with van der Waals surface area (Å²) in [5.41, 5.74) is 0.114. The Morgan fingerprint density at radius 3 is 2.37 bits per heavy atom. The number of guanidine groups is 1. The lowest BCUT2D eigenvalue weighted by Gasteiger charge is -2.30. The second-order valence-electron chi connectivity index (χ2n) is 5.87. The summed E-state index contributed by atoms with van der Waals surface area (Å²) in [5, 5.41) is 6.62. The molecular weight excluding hydrogens is 240 g/mol. The van der Waals surface area contributed by atoms with Gasteiger partial charge in [0.15, 0.2) is 5.96 Å². The number of hydrogen-bond donors (Lipinski definition) is 2. The second kappa shape index (κ2) is 9.15.